The Bertz CT molecular complexity index is 798. The Kier molecular flexibility index (Phi) is 8.32. The summed E-state index contributed by atoms with van der Waals surface area (Å²) in [4.78, 5) is 28.6. The molecule has 1 N–H and O–H groups in total. The van der Waals surface area contributed by atoms with E-state index < -0.39 is 6.04 Å². The van der Waals surface area contributed by atoms with Crippen molar-refractivity contribution in [1.82, 2.24) is 10.2 Å². The lowest BCUT2D eigenvalue weighted by Crippen LogP contribution is -2.52. The molecule has 1 atom stereocenters. The van der Waals surface area contributed by atoms with Gasteiger partial charge in [-0.05, 0) is 52.3 Å². The Morgan fingerprint density at radius 2 is 1.66 bits per heavy atom. The van der Waals surface area contributed by atoms with Crippen LogP contribution in [0.15, 0.2) is 59.5 Å². The van der Waals surface area contributed by atoms with E-state index in [9.17, 15) is 9.59 Å². The molecule has 2 amide bonds. The summed E-state index contributed by atoms with van der Waals surface area (Å²) in [6.45, 7) is 10.1. The van der Waals surface area contributed by atoms with Crippen molar-refractivity contribution in [2.24, 2.45) is 0 Å². The first-order chi connectivity index (χ1) is 13.7. The first-order valence-electron chi connectivity index (χ1n) is 10.0. The fourth-order valence-electron chi connectivity index (χ4n) is 2.87. The van der Waals surface area contributed by atoms with Crippen molar-refractivity contribution in [3.8, 4) is 0 Å². The standard InChI is InChI=1S/C24H32N2O2S/c1-18-11-13-21(14-12-18)29-16-15-22(27)26(17-20-9-7-6-8-10-20)19(2)23(28)25-24(3,4)5/h6-14,19H,15-17H2,1-5H3,(H,25,28)/t19-/m0/s1. The van der Waals surface area contributed by atoms with Gasteiger partial charge in [-0.15, -0.1) is 11.8 Å². The van der Waals surface area contributed by atoms with Crippen molar-refractivity contribution in [2.75, 3.05) is 5.75 Å². The van der Waals surface area contributed by atoms with E-state index in [0.717, 1.165) is 10.5 Å². The maximum atomic E-state index is 13.0. The van der Waals surface area contributed by atoms with Crippen LogP contribution in [0.5, 0.6) is 0 Å². The third-order valence-corrected chi connectivity index (χ3v) is 5.48. The molecule has 0 aromatic heterocycles. The molecule has 0 saturated carbocycles. The highest BCUT2D eigenvalue weighted by atomic mass is 32.2. The van der Waals surface area contributed by atoms with E-state index in [1.165, 1.54) is 5.56 Å². The van der Waals surface area contributed by atoms with E-state index in [0.29, 0.717) is 18.7 Å². The second-order valence-electron chi connectivity index (χ2n) is 8.33. The molecule has 156 valence electrons. The molecule has 0 aliphatic rings. The first-order valence-corrected chi connectivity index (χ1v) is 11.0. The van der Waals surface area contributed by atoms with Crippen LogP contribution in [0.4, 0.5) is 0 Å². The average Bonchev–Trinajstić information content (AvgIpc) is 2.66. The Morgan fingerprint density at radius 1 is 1.03 bits per heavy atom. The normalized spacial score (nSPS) is 12.3. The van der Waals surface area contributed by atoms with Gasteiger partial charge in [0.2, 0.25) is 11.8 Å². The minimum Gasteiger partial charge on any atom is -0.350 e. The minimum atomic E-state index is -0.536. The van der Waals surface area contributed by atoms with Crippen LogP contribution in [0.1, 0.15) is 45.2 Å². The Morgan fingerprint density at radius 3 is 2.24 bits per heavy atom. The zero-order valence-electron chi connectivity index (χ0n) is 18.1. The first kappa shape index (κ1) is 23.0. The van der Waals surface area contributed by atoms with Crippen molar-refractivity contribution >= 4 is 23.6 Å². The SMILES string of the molecule is Cc1ccc(SCCC(=O)N(Cc2ccccc2)[C@@H](C)C(=O)NC(C)(C)C)cc1. The van der Waals surface area contributed by atoms with Crippen LogP contribution in [0.2, 0.25) is 0 Å². The van der Waals surface area contributed by atoms with Crippen molar-refractivity contribution < 1.29 is 9.59 Å². The summed E-state index contributed by atoms with van der Waals surface area (Å²) in [6, 6.07) is 17.6. The van der Waals surface area contributed by atoms with E-state index in [2.05, 4.69) is 36.5 Å². The Labute approximate surface area is 179 Å². The molecule has 0 fully saturated rings. The van der Waals surface area contributed by atoms with Gasteiger partial charge >= 0.3 is 0 Å². The number of aryl methyl sites for hydroxylation is 1. The van der Waals surface area contributed by atoms with Gasteiger partial charge in [0.05, 0.1) is 0 Å². The van der Waals surface area contributed by atoms with Crippen LogP contribution >= 0.6 is 11.8 Å². The zero-order valence-corrected chi connectivity index (χ0v) is 18.9. The van der Waals surface area contributed by atoms with Gasteiger partial charge in [-0.2, -0.15) is 0 Å². The molecule has 2 rings (SSSR count). The number of thioether (sulfide) groups is 1. The highest BCUT2D eigenvalue weighted by Crippen LogP contribution is 2.20. The predicted molar refractivity (Wildman–Crippen MR) is 121 cm³/mol. The summed E-state index contributed by atoms with van der Waals surface area (Å²) in [7, 11) is 0. The number of benzene rings is 2. The molecule has 0 spiro atoms. The van der Waals surface area contributed by atoms with Crippen LogP contribution in [-0.4, -0.2) is 34.0 Å². The highest BCUT2D eigenvalue weighted by molar-refractivity contribution is 7.99. The summed E-state index contributed by atoms with van der Waals surface area (Å²) in [6.07, 6.45) is 0.387. The summed E-state index contributed by atoms with van der Waals surface area (Å²) in [5.41, 5.74) is 1.90. The molecule has 2 aromatic rings. The molecule has 29 heavy (non-hydrogen) atoms. The third kappa shape index (κ3) is 7.94. The monoisotopic (exact) mass is 412 g/mol. The fraction of sp³-hybridized carbons (Fsp3) is 0.417. The van der Waals surface area contributed by atoms with Crippen molar-refractivity contribution in [2.45, 2.75) is 64.1 Å². The molecule has 0 bridgehead atoms. The highest BCUT2D eigenvalue weighted by Gasteiger charge is 2.28. The van der Waals surface area contributed by atoms with E-state index in [1.54, 1.807) is 23.6 Å². The van der Waals surface area contributed by atoms with E-state index >= 15 is 0 Å². The molecular formula is C24H32N2O2S. The summed E-state index contributed by atoms with van der Waals surface area (Å²) < 4.78 is 0. The molecule has 0 aliphatic heterocycles. The zero-order chi connectivity index (χ0) is 21.4. The van der Waals surface area contributed by atoms with Crippen molar-refractivity contribution in [3.05, 3.63) is 65.7 Å². The lowest BCUT2D eigenvalue weighted by atomic mass is 10.1. The number of hydrogen-bond donors (Lipinski definition) is 1. The quantitative estimate of drug-likeness (QED) is 0.633. The van der Waals surface area contributed by atoms with E-state index in [4.69, 9.17) is 0 Å². The van der Waals surface area contributed by atoms with Crippen LogP contribution in [0.25, 0.3) is 0 Å². The van der Waals surface area contributed by atoms with Crippen LogP contribution in [0.3, 0.4) is 0 Å². The van der Waals surface area contributed by atoms with Gasteiger partial charge in [0.1, 0.15) is 6.04 Å². The second-order valence-corrected chi connectivity index (χ2v) is 9.50. The maximum Gasteiger partial charge on any atom is 0.242 e. The molecule has 2 aromatic carbocycles. The number of carbonyl (C=O) groups is 2. The van der Waals surface area contributed by atoms with Gasteiger partial charge in [-0.1, -0.05) is 48.0 Å². The number of hydrogen-bond acceptors (Lipinski definition) is 3. The molecule has 0 saturated heterocycles. The summed E-state index contributed by atoms with van der Waals surface area (Å²) in [5.74, 6) is 0.541. The van der Waals surface area contributed by atoms with Crippen LogP contribution in [-0.2, 0) is 16.1 Å². The minimum absolute atomic E-state index is 0.00924. The van der Waals surface area contributed by atoms with Gasteiger partial charge in [-0.25, -0.2) is 0 Å². The third-order valence-electron chi connectivity index (χ3n) is 4.47. The number of rotatable bonds is 8. The topological polar surface area (TPSA) is 49.4 Å². The molecule has 0 heterocycles. The molecule has 0 radical (unpaired) electrons. The largest absolute Gasteiger partial charge is 0.350 e. The number of amides is 2. The second kappa shape index (κ2) is 10.5. The van der Waals surface area contributed by atoms with Crippen LogP contribution in [0, 0.1) is 6.92 Å². The lowest BCUT2D eigenvalue weighted by molar-refractivity contribution is -0.140. The molecule has 4 nitrogen and oxygen atoms in total. The molecule has 5 heteroatoms. The lowest BCUT2D eigenvalue weighted by Gasteiger charge is -2.31. The Hall–Kier alpha value is -2.27. The summed E-state index contributed by atoms with van der Waals surface area (Å²) >= 11 is 1.66. The fourth-order valence-corrected chi connectivity index (χ4v) is 3.71. The molecule has 0 aliphatic carbocycles. The van der Waals surface area contributed by atoms with Gasteiger partial charge in [0.15, 0.2) is 0 Å². The summed E-state index contributed by atoms with van der Waals surface area (Å²) in [5, 5.41) is 2.99. The molecular weight excluding hydrogens is 380 g/mol. The van der Waals surface area contributed by atoms with Gasteiger partial charge in [-0.3, -0.25) is 9.59 Å². The van der Waals surface area contributed by atoms with Crippen molar-refractivity contribution in [3.63, 3.8) is 0 Å². The maximum absolute atomic E-state index is 13.0. The van der Waals surface area contributed by atoms with E-state index in [-0.39, 0.29) is 17.4 Å². The van der Waals surface area contributed by atoms with Gasteiger partial charge < -0.3 is 10.2 Å². The average molecular weight is 413 g/mol. The molecule has 0 unspecified atom stereocenters. The van der Waals surface area contributed by atoms with Crippen LogP contribution < -0.4 is 5.32 Å². The van der Waals surface area contributed by atoms with Gasteiger partial charge in [0, 0.05) is 29.2 Å². The number of nitrogens with one attached hydrogen (secondary N) is 1. The number of nitrogens with zero attached hydrogens (tertiary/aromatic N) is 1. The predicted octanol–water partition coefficient (Wildman–Crippen LogP) is 4.81. The smallest absolute Gasteiger partial charge is 0.242 e. The Balaban J connectivity index is 2.05. The van der Waals surface area contributed by atoms with Gasteiger partial charge in [0.25, 0.3) is 0 Å². The van der Waals surface area contributed by atoms with E-state index in [1.807, 2.05) is 51.1 Å². The van der Waals surface area contributed by atoms with Crippen molar-refractivity contribution in [1.29, 1.82) is 0 Å². The number of carbonyl (C=O) groups excluding carboxylic acids is 2.